The highest BCUT2D eigenvalue weighted by molar-refractivity contribution is 5.95. The number of hydrogen-bond acceptors (Lipinski definition) is 5. The van der Waals surface area contributed by atoms with Gasteiger partial charge in [0.05, 0.1) is 35.3 Å². The van der Waals surface area contributed by atoms with E-state index in [4.69, 9.17) is 4.52 Å². The average Bonchev–Trinajstić information content (AvgIpc) is 3.18. The first-order valence-corrected chi connectivity index (χ1v) is 7.54. The molecule has 1 N–H and O–H groups in total. The fourth-order valence-electron chi connectivity index (χ4n) is 2.30. The van der Waals surface area contributed by atoms with Gasteiger partial charge < -0.3 is 9.84 Å². The SMILES string of the molecule is Cc1cc(CNC(=O)c2cnn(-c3ccc(C(F)(F)F)cn3)c2C)on1. The first-order chi connectivity index (χ1) is 12.3. The van der Waals surface area contributed by atoms with E-state index in [0.29, 0.717) is 17.1 Å². The Morgan fingerprint density at radius 2 is 2.04 bits per heavy atom. The van der Waals surface area contributed by atoms with E-state index in [1.54, 1.807) is 19.9 Å². The van der Waals surface area contributed by atoms with Gasteiger partial charge in [-0.1, -0.05) is 5.16 Å². The molecule has 3 aromatic heterocycles. The van der Waals surface area contributed by atoms with Gasteiger partial charge in [-0.15, -0.1) is 0 Å². The number of pyridine rings is 1. The summed E-state index contributed by atoms with van der Waals surface area (Å²) in [5, 5.41) is 10.4. The van der Waals surface area contributed by atoms with E-state index in [2.05, 4.69) is 20.6 Å². The van der Waals surface area contributed by atoms with Crippen molar-refractivity contribution in [3.63, 3.8) is 0 Å². The third-order valence-electron chi connectivity index (χ3n) is 3.65. The average molecular weight is 365 g/mol. The van der Waals surface area contributed by atoms with E-state index in [1.165, 1.54) is 16.9 Å². The van der Waals surface area contributed by atoms with Gasteiger partial charge in [-0.25, -0.2) is 9.67 Å². The first-order valence-electron chi connectivity index (χ1n) is 7.54. The molecule has 0 bridgehead atoms. The molecule has 0 atom stereocenters. The molecule has 0 fully saturated rings. The Labute approximate surface area is 145 Å². The molecule has 3 aromatic rings. The van der Waals surface area contributed by atoms with Crippen LogP contribution in [-0.4, -0.2) is 25.8 Å². The summed E-state index contributed by atoms with van der Waals surface area (Å²) in [6.45, 7) is 3.54. The Bertz CT molecular complexity index is 928. The summed E-state index contributed by atoms with van der Waals surface area (Å²) in [4.78, 5) is 16.1. The van der Waals surface area contributed by atoms with Crippen LogP contribution in [0.5, 0.6) is 0 Å². The van der Waals surface area contributed by atoms with Gasteiger partial charge in [-0.3, -0.25) is 4.79 Å². The third kappa shape index (κ3) is 3.58. The maximum absolute atomic E-state index is 12.6. The van der Waals surface area contributed by atoms with Crippen molar-refractivity contribution in [2.24, 2.45) is 0 Å². The van der Waals surface area contributed by atoms with Crippen molar-refractivity contribution < 1.29 is 22.5 Å². The molecule has 0 aliphatic carbocycles. The molecule has 7 nitrogen and oxygen atoms in total. The molecule has 0 unspecified atom stereocenters. The molecule has 0 aliphatic heterocycles. The minimum absolute atomic E-state index is 0.156. The van der Waals surface area contributed by atoms with Crippen molar-refractivity contribution in [2.45, 2.75) is 26.6 Å². The molecular formula is C16H14F3N5O2. The third-order valence-corrected chi connectivity index (χ3v) is 3.65. The maximum Gasteiger partial charge on any atom is 0.417 e. The molecule has 0 aromatic carbocycles. The summed E-state index contributed by atoms with van der Waals surface area (Å²) >= 11 is 0. The minimum atomic E-state index is -4.46. The van der Waals surface area contributed by atoms with Crippen LogP contribution in [0.25, 0.3) is 5.82 Å². The molecule has 3 heterocycles. The van der Waals surface area contributed by atoms with Crippen LogP contribution >= 0.6 is 0 Å². The zero-order valence-electron chi connectivity index (χ0n) is 13.8. The van der Waals surface area contributed by atoms with E-state index in [1.807, 2.05) is 0 Å². The number of hydrogen-bond donors (Lipinski definition) is 1. The lowest BCUT2D eigenvalue weighted by Gasteiger charge is -2.08. The van der Waals surface area contributed by atoms with E-state index in [-0.39, 0.29) is 17.9 Å². The predicted octanol–water partition coefficient (Wildman–Crippen LogP) is 2.82. The van der Waals surface area contributed by atoms with E-state index < -0.39 is 17.6 Å². The quantitative estimate of drug-likeness (QED) is 0.768. The first kappa shape index (κ1) is 17.6. The number of nitrogens with zero attached hydrogens (tertiary/aromatic N) is 4. The lowest BCUT2D eigenvalue weighted by molar-refractivity contribution is -0.137. The summed E-state index contributed by atoms with van der Waals surface area (Å²) in [6, 6.07) is 3.81. The second-order valence-electron chi connectivity index (χ2n) is 5.58. The van der Waals surface area contributed by atoms with Gasteiger partial charge >= 0.3 is 6.18 Å². The highest BCUT2D eigenvalue weighted by Gasteiger charge is 2.30. The van der Waals surface area contributed by atoms with E-state index in [0.717, 1.165) is 12.3 Å². The summed E-state index contributed by atoms with van der Waals surface area (Å²) < 4.78 is 44.1. The topological polar surface area (TPSA) is 85.8 Å². The number of amides is 1. The van der Waals surface area contributed by atoms with Crippen molar-refractivity contribution in [3.05, 3.63) is 58.9 Å². The van der Waals surface area contributed by atoms with Crippen LogP contribution in [0.4, 0.5) is 13.2 Å². The standard InChI is InChI=1S/C16H14F3N5O2/c1-9-5-12(26-23-9)7-21-15(25)13-8-22-24(10(13)2)14-4-3-11(6-20-14)16(17,18)19/h3-6,8H,7H2,1-2H3,(H,21,25). The Kier molecular flexibility index (Phi) is 4.49. The van der Waals surface area contributed by atoms with E-state index in [9.17, 15) is 18.0 Å². The van der Waals surface area contributed by atoms with Gasteiger partial charge in [-0.2, -0.15) is 18.3 Å². The number of aryl methyl sites for hydroxylation is 1. The monoisotopic (exact) mass is 365 g/mol. The number of aromatic nitrogens is 4. The zero-order valence-corrected chi connectivity index (χ0v) is 13.8. The Balaban J connectivity index is 1.75. The lowest BCUT2D eigenvalue weighted by atomic mass is 10.2. The summed E-state index contributed by atoms with van der Waals surface area (Å²) in [5.74, 6) is 0.292. The maximum atomic E-state index is 12.6. The molecule has 0 radical (unpaired) electrons. The number of carbonyl (C=O) groups excluding carboxylic acids is 1. The lowest BCUT2D eigenvalue weighted by Crippen LogP contribution is -2.23. The molecule has 3 rings (SSSR count). The van der Waals surface area contributed by atoms with Gasteiger partial charge in [0, 0.05) is 12.3 Å². The normalized spacial score (nSPS) is 11.6. The van der Waals surface area contributed by atoms with Crippen molar-refractivity contribution in [1.29, 1.82) is 0 Å². The van der Waals surface area contributed by atoms with Crippen LogP contribution in [0.1, 0.15) is 33.1 Å². The molecule has 0 aliphatic rings. The zero-order chi connectivity index (χ0) is 18.9. The van der Waals surface area contributed by atoms with Crippen LogP contribution in [0, 0.1) is 13.8 Å². The molecule has 10 heteroatoms. The summed E-state index contributed by atoms with van der Waals surface area (Å²) in [5.41, 5.74) is 0.574. The van der Waals surface area contributed by atoms with Crippen molar-refractivity contribution in [2.75, 3.05) is 0 Å². The molecular weight excluding hydrogens is 351 g/mol. The van der Waals surface area contributed by atoms with Gasteiger partial charge in [0.1, 0.15) is 0 Å². The largest absolute Gasteiger partial charge is 0.417 e. The fraction of sp³-hybridized carbons (Fsp3) is 0.250. The number of halogens is 3. The van der Waals surface area contributed by atoms with Gasteiger partial charge in [0.2, 0.25) is 0 Å². The Morgan fingerprint density at radius 1 is 1.27 bits per heavy atom. The van der Waals surface area contributed by atoms with Crippen molar-refractivity contribution >= 4 is 5.91 Å². The molecule has 0 saturated carbocycles. The second-order valence-corrected chi connectivity index (χ2v) is 5.58. The minimum Gasteiger partial charge on any atom is -0.359 e. The summed E-state index contributed by atoms with van der Waals surface area (Å²) in [7, 11) is 0. The van der Waals surface area contributed by atoms with Crippen LogP contribution in [0.15, 0.2) is 35.1 Å². The Morgan fingerprint density at radius 3 is 2.62 bits per heavy atom. The molecule has 136 valence electrons. The number of alkyl halides is 3. The van der Waals surface area contributed by atoms with Gasteiger partial charge in [-0.05, 0) is 26.0 Å². The van der Waals surface area contributed by atoms with E-state index >= 15 is 0 Å². The number of nitrogens with one attached hydrogen (secondary N) is 1. The van der Waals surface area contributed by atoms with Crippen LogP contribution in [-0.2, 0) is 12.7 Å². The number of rotatable bonds is 4. The fourth-order valence-corrected chi connectivity index (χ4v) is 2.30. The van der Waals surface area contributed by atoms with Crippen LogP contribution in [0.2, 0.25) is 0 Å². The van der Waals surface area contributed by atoms with Gasteiger partial charge in [0.25, 0.3) is 5.91 Å². The summed E-state index contributed by atoms with van der Waals surface area (Å²) in [6.07, 6.45) is -2.41. The van der Waals surface area contributed by atoms with Crippen molar-refractivity contribution in [1.82, 2.24) is 25.2 Å². The molecule has 26 heavy (non-hydrogen) atoms. The molecule has 0 spiro atoms. The smallest absolute Gasteiger partial charge is 0.359 e. The van der Waals surface area contributed by atoms with Crippen LogP contribution < -0.4 is 5.32 Å². The molecule has 1 amide bonds. The van der Waals surface area contributed by atoms with Gasteiger partial charge in [0.15, 0.2) is 11.6 Å². The number of carbonyl (C=O) groups is 1. The molecule has 0 saturated heterocycles. The highest BCUT2D eigenvalue weighted by Crippen LogP contribution is 2.28. The van der Waals surface area contributed by atoms with Crippen molar-refractivity contribution in [3.8, 4) is 5.82 Å². The second kappa shape index (κ2) is 6.62. The van der Waals surface area contributed by atoms with Crippen LogP contribution in [0.3, 0.4) is 0 Å². The predicted molar refractivity (Wildman–Crippen MR) is 83.5 cm³/mol. The highest BCUT2D eigenvalue weighted by atomic mass is 19.4. The Hall–Kier alpha value is -3.17.